The van der Waals surface area contributed by atoms with E-state index in [-0.39, 0.29) is 0 Å². The second kappa shape index (κ2) is 3.57. The van der Waals surface area contributed by atoms with E-state index in [1.165, 1.54) is 12.0 Å². The van der Waals surface area contributed by atoms with E-state index in [2.05, 4.69) is 30.5 Å². The Morgan fingerprint density at radius 2 is 2.50 bits per heavy atom. The molecule has 0 saturated heterocycles. The molecule has 10 heavy (non-hydrogen) atoms. The van der Waals surface area contributed by atoms with E-state index in [9.17, 15) is 0 Å². The number of hydrogen-bond acceptors (Lipinski definition) is 1. The first-order valence-corrected chi connectivity index (χ1v) is 3.84. The normalized spacial score (nSPS) is 24.6. The molecule has 1 aliphatic carbocycles. The molecule has 0 heterocycles. The molecule has 1 atom stereocenters. The van der Waals surface area contributed by atoms with E-state index in [1.807, 2.05) is 7.05 Å². The molecule has 0 radical (unpaired) electrons. The van der Waals surface area contributed by atoms with Gasteiger partial charge in [-0.05, 0) is 25.0 Å². The van der Waals surface area contributed by atoms with Crippen LogP contribution in [0.25, 0.3) is 0 Å². The molecule has 0 amide bonds. The van der Waals surface area contributed by atoms with E-state index >= 15 is 0 Å². The lowest BCUT2D eigenvalue weighted by Crippen LogP contribution is -2.11. The van der Waals surface area contributed by atoms with Gasteiger partial charge in [-0.15, -0.1) is 0 Å². The van der Waals surface area contributed by atoms with Crippen LogP contribution in [0.5, 0.6) is 0 Å². The summed E-state index contributed by atoms with van der Waals surface area (Å²) < 4.78 is 0. The molecular formula is C9H15N. The minimum atomic E-state index is 0.737. The van der Waals surface area contributed by atoms with Crippen molar-refractivity contribution in [2.45, 2.75) is 13.3 Å². The third-order valence-electron chi connectivity index (χ3n) is 1.77. The number of likely N-dealkylation sites (N-methyl/N-ethyl adjacent to an activating group) is 1. The molecular weight excluding hydrogens is 122 g/mol. The first-order valence-electron chi connectivity index (χ1n) is 3.84. The summed E-state index contributed by atoms with van der Waals surface area (Å²) in [5.74, 6) is 0.737. The van der Waals surface area contributed by atoms with Crippen LogP contribution in [0, 0.1) is 5.92 Å². The molecule has 1 heteroatoms. The molecule has 1 rings (SSSR count). The highest BCUT2D eigenvalue weighted by molar-refractivity contribution is 5.24. The van der Waals surface area contributed by atoms with Crippen LogP contribution in [0.3, 0.4) is 0 Å². The molecule has 1 nitrogen and oxygen atoms in total. The molecule has 0 spiro atoms. The molecule has 1 aliphatic rings. The summed E-state index contributed by atoms with van der Waals surface area (Å²) in [7, 11) is 1.98. The van der Waals surface area contributed by atoms with Gasteiger partial charge in [0.1, 0.15) is 0 Å². The Morgan fingerprint density at radius 3 is 3.00 bits per heavy atom. The van der Waals surface area contributed by atoms with Crippen LogP contribution in [0.1, 0.15) is 13.3 Å². The summed E-state index contributed by atoms with van der Waals surface area (Å²) in [6, 6.07) is 0. The van der Waals surface area contributed by atoms with Gasteiger partial charge in [0.05, 0.1) is 0 Å². The van der Waals surface area contributed by atoms with Gasteiger partial charge in [-0.2, -0.15) is 0 Å². The maximum Gasteiger partial charge on any atom is 0.0199 e. The standard InChI is InChI=1S/C9H15N/c1-8-3-5-9(6-4-8)7-10-2/h3,5-6,8,10H,4,7H2,1-2H3. The molecule has 0 aromatic heterocycles. The third kappa shape index (κ3) is 1.99. The monoisotopic (exact) mass is 137 g/mol. The lowest BCUT2D eigenvalue weighted by molar-refractivity contribution is 0.723. The van der Waals surface area contributed by atoms with E-state index in [0.717, 1.165) is 12.5 Å². The smallest absolute Gasteiger partial charge is 0.0199 e. The zero-order valence-corrected chi connectivity index (χ0v) is 6.72. The predicted octanol–water partition coefficient (Wildman–Crippen LogP) is 1.73. The number of nitrogens with one attached hydrogen (secondary N) is 1. The maximum absolute atomic E-state index is 3.13. The van der Waals surface area contributed by atoms with Crippen molar-refractivity contribution >= 4 is 0 Å². The SMILES string of the molecule is CNCC1=CCC(C)C=C1. The Kier molecular flexibility index (Phi) is 2.69. The topological polar surface area (TPSA) is 12.0 Å². The van der Waals surface area contributed by atoms with Gasteiger partial charge >= 0.3 is 0 Å². The Balaban J connectivity index is 2.42. The van der Waals surface area contributed by atoms with Gasteiger partial charge in [0, 0.05) is 6.54 Å². The van der Waals surface area contributed by atoms with Crippen LogP contribution in [-0.4, -0.2) is 13.6 Å². The van der Waals surface area contributed by atoms with Crippen LogP contribution >= 0.6 is 0 Å². The quantitative estimate of drug-likeness (QED) is 0.611. The third-order valence-corrected chi connectivity index (χ3v) is 1.77. The van der Waals surface area contributed by atoms with Crippen LogP contribution in [-0.2, 0) is 0 Å². The van der Waals surface area contributed by atoms with Crippen molar-refractivity contribution in [1.29, 1.82) is 0 Å². The molecule has 0 bridgehead atoms. The van der Waals surface area contributed by atoms with Gasteiger partial charge in [0.25, 0.3) is 0 Å². The highest BCUT2D eigenvalue weighted by atomic mass is 14.8. The summed E-state index contributed by atoms with van der Waals surface area (Å²) in [5.41, 5.74) is 1.42. The van der Waals surface area contributed by atoms with E-state index in [4.69, 9.17) is 0 Å². The molecule has 0 aliphatic heterocycles. The summed E-state index contributed by atoms with van der Waals surface area (Å²) in [5, 5.41) is 3.13. The van der Waals surface area contributed by atoms with Crippen molar-refractivity contribution in [3.63, 3.8) is 0 Å². The first-order chi connectivity index (χ1) is 4.83. The summed E-state index contributed by atoms with van der Waals surface area (Å²) in [6.45, 7) is 3.24. The van der Waals surface area contributed by atoms with E-state index in [0.29, 0.717) is 0 Å². The first kappa shape index (κ1) is 7.55. The highest BCUT2D eigenvalue weighted by Gasteiger charge is 2.01. The molecule has 1 N–H and O–H groups in total. The van der Waals surface area contributed by atoms with Crippen molar-refractivity contribution in [2.24, 2.45) is 5.92 Å². The fourth-order valence-electron chi connectivity index (χ4n) is 1.11. The fourth-order valence-corrected chi connectivity index (χ4v) is 1.11. The molecule has 1 unspecified atom stereocenters. The Bertz CT molecular complexity index is 156. The minimum Gasteiger partial charge on any atom is -0.316 e. The van der Waals surface area contributed by atoms with Gasteiger partial charge < -0.3 is 5.32 Å². The lowest BCUT2D eigenvalue weighted by Gasteiger charge is -2.10. The predicted molar refractivity (Wildman–Crippen MR) is 44.9 cm³/mol. The Morgan fingerprint density at radius 1 is 1.70 bits per heavy atom. The maximum atomic E-state index is 3.13. The van der Waals surface area contributed by atoms with Gasteiger partial charge in [0.2, 0.25) is 0 Å². The second-order valence-corrected chi connectivity index (χ2v) is 2.88. The molecule has 0 aromatic carbocycles. The summed E-state index contributed by atoms with van der Waals surface area (Å²) in [4.78, 5) is 0. The van der Waals surface area contributed by atoms with Crippen molar-refractivity contribution in [2.75, 3.05) is 13.6 Å². The lowest BCUT2D eigenvalue weighted by atomic mass is 9.99. The van der Waals surface area contributed by atoms with Crippen LogP contribution in [0.2, 0.25) is 0 Å². The Labute approximate surface area is 62.8 Å². The van der Waals surface area contributed by atoms with Gasteiger partial charge in [0.15, 0.2) is 0 Å². The minimum absolute atomic E-state index is 0.737. The van der Waals surface area contributed by atoms with Crippen molar-refractivity contribution < 1.29 is 0 Å². The molecule has 56 valence electrons. The van der Waals surface area contributed by atoms with Gasteiger partial charge in [-0.25, -0.2) is 0 Å². The second-order valence-electron chi connectivity index (χ2n) is 2.88. The molecule has 0 saturated carbocycles. The van der Waals surface area contributed by atoms with Crippen LogP contribution < -0.4 is 5.32 Å². The largest absolute Gasteiger partial charge is 0.316 e. The average Bonchev–Trinajstić information content (AvgIpc) is 1.95. The zero-order chi connectivity index (χ0) is 7.40. The number of hydrogen-bond donors (Lipinski definition) is 1. The Hall–Kier alpha value is -0.560. The van der Waals surface area contributed by atoms with Gasteiger partial charge in [-0.1, -0.05) is 25.2 Å². The summed E-state index contributed by atoms with van der Waals surface area (Å²) >= 11 is 0. The zero-order valence-electron chi connectivity index (χ0n) is 6.72. The van der Waals surface area contributed by atoms with E-state index < -0.39 is 0 Å². The van der Waals surface area contributed by atoms with Gasteiger partial charge in [-0.3, -0.25) is 0 Å². The highest BCUT2D eigenvalue weighted by Crippen LogP contribution is 2.14. The van der Waals surface area contributed by atoms with Crippen LogP contribution in [0.4, 0.5) is 0 Å². The van der Waals surface area contributed by atoms with Crippen molar-refractivity contribution in [3.05, 3.63) is 23.8 Å². The van der Waals surface area contributed by atoms with Crippen LogP contribution in [0.15, 0.2) is 23.8 Å². The van der Waals surface area contributed by atoms with Crippen molar-refractivity contribution in [1.82, 2.24) is 5.32 Å². The number of allylic oxidation sites excluding steroid dienone is 2. The molecule has 0 aromatic rings. The summed E-state index contributed by atoms with van der Waals surface area (Å²) in [6.07, 6.45) is 7.99. The van der Waals surface area contributed by atoms with E-state index in [1.54, 1.807) is 0 Å². The fraction of sp³-hybridized carbons (Fsp3) is 0.556. The average molecular weight is 137 g/mol. The van der Waals surface area contributed by atoms with Crippen molar-refractivity contribution in [3.8, 4) is 0 Å². The number of rotatable bonds is 2. The molecule has 0 fully saturated rings.